The van der Waals surface area contributed by atoms with Gasteiger partial charge in [-0.05, 0) is 44.9 Å². The number of rotatable bonds is 57. The molecule has 0 aliphatic carbocycles. The molecule has 0 bridgehead atoms. The summed E-state index contributed by atoms with van der Waals surface area (Å²) in [6.45, 7) is 4.30. The lowest BCUT2D eigenvalue weighted by molar-refractivity contribution is -0.125. The van der Waals surface area contributed by atoms with Crippen molar-refractivity contribution >= 4 is 5.91 Å². The summed E-state index contributed by atoms with van der Waals surface area (Å²) in [5.41, 5.74) is 0. The van der Waals surface area contributed by atoms with Gasteiger partial charge in [-0.2, -0.15) is 0 Å². The molecule has 1 amide bonds. The van der Waals surface area contributed by atoms with E-state index in [9.17, 15) is 20.1 Å². The second kappa shape index (κ2) is 57.4. The molecule has 0 aliphatic rings. The van der Waals surface area contributed by atoms with Gasteiger partial charge in [0.2, 0.25) is 5.91 Å². The van der Waals surface area contributed by atoms with Crippen LogP contribution >= 0.6 is 0 Å². The van der Waals surface area contributed by atoms with Crippen molar-refractivity contribution in [1.82, 2.24) is 5.32 Å². The van der Waals surface area contributed by atoms with Gasteiger partial charge < -0.3 is 20.6 Å². The van der Waals surface area contributed by atoms with E-state index in [0.29, 0.717) is 12.8 Å². The van der Waals surface area contributed by atoms with Crippen LogP contribution in [0.5, 0.6) is 0 Å². The van der Waals surface area contributed by atoms with Gasteiger partial charge in [0, 0.05) is 0 Å². The molecule has 67 heavy (non-hydrogen) atoms. The molecular weight excluding hydrogens is 823 g/mol. The molecule has 5 heteroatoms. The van der Waals surface area contributed by atoms with E-state index in [1.165, 1.54) is 276 Å². The number of nitrogens with one attached hydrogen (secondary N) is 1. The molecule has 0 aliphatic heterocycles. The van der Waals surface area contributed by atoms with Crippen LogP contribution in [0.3, 0.4) is 0 Å². The van der Waals surface area contributed by atoms with Crippen molar-refractivity contribution in [2.45, 2.75) is 360 Å². The molecule has 0 saturated carbocycles. The van der Waals surface area contributed by atoms with E-state index in [1.54, 1.807) is 0 Å². The second-order valence-corrected chi connectivity index (χ2v) is 21.3. The molecule has 3 atom stereocenters. The van der Waals surface area contributed by atoms with E-state index in [2.05, 4.69) is 43.5 Å². The highest BCUT2D eigenvalue weighted by molar-refractivity contribution is 5.76. The van der Waals surface area contributed by atoms with Gasteiger partial charge in [0.05, 0.1) is 31.3 Å². The quantitative estimate of drug-likeness (QED) is 0.0361. The summed E-state index contributed by atoms with van der Waals surface area (Å²) in [4.78, 5) is 12.6. The molecule has 0 saturated heterocycles. The fourth-order valence-electron chi connectivity index (χ4n) is 9.85. The minimum absolute atomic E-state index is 0.0375. The number of carbonyl (C=O) groups excluding carboxylic acids is 1. The molecule has 0 aromatic carbocycles. The molecule has 0 aromatic heterocycles. The van der Waals surface area contributed by atoms with Crippen molar-refractivity contribution in [1.29, 1.82) is 0 Å². The SMILES string of the molecule is CCCCCCCCCCC/C=C\C/C=C\CCCCCCCCCCCCCC(O)CC(=O)NC(CO)C(O)CCCCCCCCCCCCCCCCCCCCCCCCCCC. The summed E-state index contributed by atoms with van der Waals surface area (Å²) in [5, 5.41) is 33.7. The number of unbranched alkanes of at least 4 members (excludes halogenated alkanes) is 44. The van der Waals surface area contributed by atoms with Crippen LogP contribution in [0.1, 0.15) is 341 Å². The highest BCUT2D eigenvalue weighted by Crippen LogP contribution is 2.18. The number of amides is 1. The van der Waals surface area contributed by atoms with Crippen LogP contribution < -0.4 is 5.32 Å². The normalized spacial score (nSPS) is 13.3. The fourth-order valence-corrected chi connectivity index (χ4v) is 9.85. The Hall–Kier alpha value is -1.17. The maximum absolute atomic E-state index is 12.6. The van der Waals surface area contributed by atoms with Crippen LogP contribution in [-0.2, 0) is 4.79 Å². The first-order chi connectivity index (χ1) is 33.0. The minimum atomic E-state index is -0.750. The minimum Gasteiger partial charge on any atom is -0.394 e. The van der Waals surface area contributed by atoms with E-state index in [-0.39, 0.29) is 18.9 Å². The first-order valence-corrected chi connectivity index (χ1v) is 30.6. The van der Waals surface area contributed by atoms with Gasteiger partial charge in [0.25, 0.3) is 0 Å². The number of hydrogen-bond donors (Lipinski definition) is 4. The van der Waals surface area contributed by atoms with Gasteiger partial charge >= 0.3 is 0 Å². The van der Waals surface area contributed by atoms with Gasteiger partial charge in [-0.25, -0.2) is 0 Å². The summed E-state index contributed by atoms with van der Waals surface area (Å²) in [6.07, 6.45) is 73.5. The maximum Gasteiger partial charge on any atom is 0.222 e. The molecule has 3 unspecified atom stereocenters. The predicted octanol–water partition coefficient (Wildman–Crippen LogP) is 19.2. The monoisotopic (exact) mass is 944 g/mol. The average Bonchev–Trinajstić information content (AvgIpc) is 3.32. The fraction of sp³-hybridized carbons (Fsp3) is 0.919. The van der Waals surface area contributed by atoms with Gasteiger partial charge in [-0.3, -0.25) is 4.79 Å². The van der Waals surface area contributed by atoms with Crippen LogP contribution in [-0.4, -0.2) is 46.1 Å². The number of aliphatic hydroxyl groups is 3. The lowest BCUT2D eigenvalue weighted by Gasteiger charge is -2.23. The first kappa shape index (κ1) is 65.8. The number of aliphatic hydroxyl groups excluding tert-OH is 3. The largest absolute Gasteiger partial charge is 0.394 e. The van der Waals surface area contributed by atoms with Crippen molar-refractivity contribution < 1.29 is 20.1 Å². The Balaban J connectivity index is 3.51. The van der Waals surface area contributed by atoms with E-state index in [0.717, 1.165) is 32.1 Å². The van der Waals surface area contributed by atoms with Crippen molar-refractivity contribution in [3.05, 3.63) is 24.3 Å². The summed E-state index contributed by atoms with van der Waals surface area (Å²) in [7, 11) is 0. The molecule has 0 fully saturated rings. The number of carbonyl (C=O) groups is 1. The van der Waals surface area contributed by atoms with Gasteiger partial charge in [-0.1, -0.05) is 314 Å². The molecule has 0 radical (unpaired) electrons. The lowest BCUT2D eigenvalue weighted by Crippen LogP contribution is -2.46. The predicted molar refractivity (Wildman–Crippen MR) is 296 cm³/mol. The van der Waals surface area contributed by atoms with Crippen molar-refractivity contribution in [2.75, 3.05) is 6.61 Å². The van der Waals surface area contributed by atoms with Gasteiger partial charge in [-0.15, -0.1) is 0 Å². The van der Waals surface area contributed by atoms with Crippen LogP contribution in [0.25, 0.3) is 0 Å². The number of allylic oxidation sites excluding steroid dienone is 4. The van der Waals surface area contributed by atoms with Gasteiger partial charge in [0.15, 0.2) is 0 Å². The summed E-state index contributed by atoms with van der Waals surface area (Å²) >= 11 is 0. The molecular formula is C62H121NO4. The third kappa shape index (κ3) is 54.0. The second-order valence-electron chi connectivity index (χ2n) is 21.3. The van der Waals surface area contributed by atoms with Crippen molar-refractivity contribution in [3.8, 4) is 0 Å². The molecule has 4 N–H and O–H groups in total. The van der Waals surface area contributed by atoms with Crippen LogP contribution in [0.4, 0.5) is 0 Å². The van der Waals surface area contributed by atoms with E-state index < -0.39 is 18.2 Å². The van der Waals surface area contributed by atoms with Crippen molar-refractivity contribution in [3.63, 3.8) is 0 Å². The molecule has 5 nitrogen and oxygen atoms in total. The average molecular weight is 945 g/mol. The molecule has 0 heterocycles. The van der Waals surface area contributed by atoms with E-state index >= 15 is 0 Å². The van der Waals surface area contributed by atoms with Gasteiger partial charge in [0.1, 0.15) is 0 Å². The zero-order valence-corrected chi connectivity index (χ0v) is 45.6. The Bertz CT molecular complexity index is 998. The Kier molecular flexibility index (Phi) is 56.4. The Morgan fingerprint density at radius 1 is 0.373 bits per heavy atom. The van der Waals surface area contributed by atoms with E-state index in [1.807, 2.05) is 0 Å². The third-order valence-electron chi connectivity index (χ3n) is 14.5. The van der Waals surface area contributed by atoms with Crippen LogP contribution in [0.15, 0.2) is 24.3 Å². The third-order valence-corrected chi connectivity index (χ3v) is 14.5. The van der Waals surface area contributed by atoms with Crippen molar-refractivity contribution in [2.24, 2.45) is 0 Å². The zero-order valence-electron chi connectivity index (χ0n) is 45.6. The van der Waals surface area contributed by atoms with Crippen LogP contribution in [0, 0.1) is 0 Å². The van der Waals surface area contributed by atoms with E-state index in [4.69, 9.17) is 0 Å². The standard InChI is InChI=1S/C62H121NO4/c1-3-5-7-9-11-13-15-17-19-21-23-25-27-29-30-32-33-35-37-39-41-43-45-47-49-51-53-55-59(65)57-62(67)63-60(58-64)61(66)56-54-52-50-48-46-44-42-40-38-36-34-31-28-26-24-22-20-18-16-14-12-10-8-6-4-2/h23,25,29-30,59-61,64-66H,3-22,24,26-28,31-58H2,1-2H3,(H,63,67)/b25-23-,30-29-. The molecule has 0 spiro atoms. The lowest BCUT2D eigenvalue weighted by atomic mass is 10.0. The molecule has 0 rings (SSSR count). The highest BCUT2D eigenvalue weighted by atomic mass is 16.3. The first-order valence-electron chi connectivity index (χ1n) is 30.6. The Morgan fingerprint density at radius 2 is 0.642 bits per heavy atom. The summed E-state index contributed by atoms with van der Waals surface area (Å²) in [6, 6.07) is -0.659. The van der Waals surface area contributed by atoms with Crippen LogP contribution in [0.2, 0.25) is 0 Å². The number of hydrogen-bond acceptors (Lipinski definition) is 4. The molecule has 398 valence electrons. The highest BCUT2D eigenvalue weighted by Gasteiger charge is 2.21. The Morgan fingerprint density at radius 3 is 0.940 bits per heavy atom. The topological polar surface area (TPSA) is 89.8 Å². The zero-order chi connectivity index (χ0) is 48.6. The summed E-state index contributed by atoms with van der Waals surface area (Å²) in [5.74, 6) is -0.278. The molecule has 0 aromatic rings. The summed E-state index contributed by atoms with van der Waals surface area (Å²) < 4.78 is 0. The maximum atomic E-state index is 12.6. The Labute approximate surface area is 420 Å². The smallest absolute Gasteiger partial charge is 0.222 e.